The van der Waals surface area contributed by atoms with Crippen molar-refractivity contribution in [1.29, 1.82) is 0 Å². The molecular weight excluding hydrogens is 164 g/mol. The van der Waals surface area contributed by atoms with Gasteiger partial charge in [0.2, 0.25) is 0 Å². The molecule has 0 fully saturated rings. The van der Waals surface area contributed by atoms with Crippen molar-refractivity contribution < 1.29 is 0 Å². The van der Waals surface area contributed by atoms with E-state index in [2.05, 4.69) is 25.6 Å². The molecule has 0 atom stereocenters. The van der Waals surface area contributed by atoms with Crippen molar-refractivity contribution in [3.8, 4) is 0 Å². The molecule has 0 amide bonds. The summed E-state index contributed by atoms with van der Waals surface area (Å²) >= 11 is 4.01. The van der Waals surface area contributed by atoms with Crippen molar-refractivity contribution in [3.63, 3.8) is 0 Å². The fraction of sp³-hybridized carbons (Fsp3) is 0.818. The first-order valence-electron chi connectivity index (χ1n) is 5.21. The molecule has 0 N–H and O–H groups in total. The largest absolute Gasteiger partial charge is 0.152 e. The minimum atomic E-state index is 1.21. The van der Waals surface area contributed by atoms with Gasteiger partial charge in [0.05, 0.1) is 0 Å². The number of thiol groups is 1. The molecule has 0 heterocycles. The molecule has 0 unspecified atom stereocenters. The highest BCUT2D eigenvalue weighted by Gasteiger charge is 1.88. The Labute approximate surface area is 82.9 Å². The van der Waals surface area contributed by atoms with E-state index in [1.54, 1.807) is 0 Å². The van der Waals surface area contributed by atoms with Crippen molar-refractivity contribution in [3.05, 3.63) is 11.5 Å². The third-order valence-electron chi connectivity index (χ3n) is 2.08. The summed E-state index contributed by atoms with van der Waals surface area (Å²) in [4.78, 5) is 0. The first-order chi connectivity index (χ1) is 5.91. The standard InChI is InChI=1S/C11H22S/c1-2-3-4-5-6-7-8-9-10-11-12/h10-12H,2-9H2,1H3. The van der Waals surface area contributed by atoms with Gasteiger partial charge in [0, 0.05) is 0 Å². The normalized spacial score (nSPS) is 11.2. The van der Waals surface area contributed by atoms with Crippen LogP contribution in [0.4, 0.5) is 0 Å². The molecule has 0 aliphatic rings. The van der Waals surface area contributed by atoms with Crippen molar-refractivity contribution in [2.45, 2.75) is 58.3 Å². The summed E-state index contributed by atoms with van der Waals surface area (Å²) in [6, 6.07) is 0. The molecule has 0 bridgehead atoms. The first-order valence-corrected chi connectivity index (χ1v) is 5.72. The summed E-state index contributed by atoms with van der Waals surface area (Å²) in [6.07, 6.45) is 13.1. The maximum Gasteiger partial charge on any atom is -0.0343 e. The minimum absolute atomic E-state index is 1.21. The van der Waals surface area contributed by atoms with Crippen LogP contribution in [0.2, 0.25) is 0 Å². The van der Waals surface area contributed by atoms with E-state index < -0.39 is 0 Å². The van der Waals surface area contributed by atoms with Gasteiger partial charge in [-0.3, -0.25) is 0 Å². The third kappa shape index (κ3) is 10.1. The summed E-state index contributed by atoms with van der Waals surface area (Å²) in [7, 11) is 0. The Kier molecular flexibility index (Phi) is 11.2. The molecular formula is C11H22S. The van der Waals surface area contributed by atoms with Gasteiger partial charge >= 0.3 is 0 Å². The predicted molar refractivity (Wildman–Crippen MR) is 60.7 cm³/mol. The second kappa shape index (κ2) is 11.1. The van der Waals surface area contributed by atoms with E-state index in [0.29, 0.717) is 0 Å². The zero-order valence-electron chi connectivity index (χ0n) is 8.26. The summed E-state index contributed by atoms with van der Waals surface area (Å²) < 4.78 is 0. The molecule has 0 saturated carbocycles. The maximum absolute atomic E-state index is 4.01. The molecule has 0 spiro atoms. The van der Waals surface area contributed by atoms with E-state index in [1.165, 1.54) is 51.4 Å². The maximum atomic E-state index is 4.01. The highest BCUT2D eigenvalue weighted by atomic mass is 32.1. The second-order valence-electron chi connectivity index (χ2n) is 3.29. The average molecular weight is 186 g/mol. The van der Waals surface area contributed by atoms with Gasteiger partial charge in [0.25, 0.3) is 0 Å². The average Bonchev–Trinajstić information content (AvgIpc) is 2.10. The van der Waals surface area contributed by atoms with Crippen molar-refractivity contribution in [2.75, 3.05) is 0 Å². The molecule has 0 radical (unpaired) electrons. The van der Waals surface area contributed by atoms with Crippen molar-refractivity contribution in [1.82, 2.24) is 0 Å². The number of hydrogen-bond donors (Lipinski definition) is 1. The lowest BCUT2D eigenvalue weighted by atomic mass is 10.1. The van der Waals surface area contributed by atoms with Gasteiger partial charge in [-0.25, -0.2) is 0 Å². The lowest BCUT2D eigenvalue weighted by Gasteiger charge is -1.98. The number of allylic oxidation sites excluding steroid dienone is 1. The molecule has 0 aromatic rings. The van der Waals surface area contributed by atoms with Crippen LogP contribution in [0.15, 0.2) is 11.5 Å². The van der Waals surface area contributed by atoms with E-state index in [1.807, 2.05) is 5.41 Å². The van der Waals surface area contributed by atoms with Gasteiger partial charge < -0.3 is 0 Å². The van der Waals surface area contributed by atoms with Crippen LogP contribution in [0.3, 0.4) is 0 Å². The second-order valence-corrected chi connectivity index (χ2v) is 3.59. The smallest absolute Gasteiger partial charge is 0.0343 e. The summed E-state index contributed by atoms with van der Waals surface area (Å²) in [5, 5.41) is 1.84. The number of hydrogen-bond acceptors (Lipinski definition) is 1. The predicted octanol–water partition coefficient (Wildman–Crippen LogP) is 4.57. The Morgan fingerprint density at radius 3 is 2.08 bits per heavy atom. The Morgan fingerprint density at radius 1 is 0.917 bits per heavy atom. The molecule has 1 heteroatoms. The zero-order chi connectivity index (χ0) is 9.07. The lowest BCUT2D eigenvalue weighted by molar-refractivity contribution is 0.592. The van der Waals surface area contributed by atoms with Gasteiger partial charge in [-0.2, -0.15) is 12.6 Å². The van der Waals surface area contributed by atoms with Crippen LogP contribution in [0.1, 0.15) is 58.3 Å². The Morgan fingerprint density at radius 2 is 1.50 bits per heavy atom. The fourth-order valence-corrected chi connectivity index (χ4v) is 1.44. The van der Waals surface area contributed by atoms with Gasteiger partial charge in [0.15, 0.2) is 0 Å². The van der Waals surface area contributed by atoms with Crippen LogP contribution in [0.5, 0.6) is 0 Å². The van der Waals surface area contributed by atoms with E-state index >= 15 is 0 Å². The third-order valence-corrected chi connectivity index (χ3v) is 2.29. The van der Waals surface area contributed by atoms with Gasteiger partial charge in [-0.05, 0) is 18.2 Å². The molecule has 0 aromatic carbocycles. The molecule has 72 valence electrons. The molecule has 0 aromatic heterocycles. The molecule has 0 aliphatic heterocycles. The van der Waals surface area contributed by atoms with Crippen LogP contribution in [0.25, 0.3) is 0 Å². The van der Waals surface area contributed by atoms with Gasteiger partial charge in [-0.1, -0.05) is 51.5 Å². The minimum Gasteiger partial charge on any atom is -0.152 e. The van der Waals surface area contributed by atoms with Gasteiger partial charge in [-0.15, -0.1) is 0 Å². The summed E-state index contributed by atoms with van der Waals surface area (Å²) in [5.41, 5.74) is 0. The number of rotatable bonds is 8. The SMILES string of the molecule is CCCCCCCCCC=CS. The van der Waals surface area contributed by atoms with Crippen LogP contribution in [-0.2, 0) is 0 Å². The van der Waals surface area contributed by atoms with Crippen LogP contribution in [0, 0.1) is 0 Å². The Balaban J connectivity index is 2.81. The molecule has 0 rings (SSSR count). The first kappa shape index (κ1) is 12.1. The Hall–Kier alpha value is 0.0900. The van der Waals surface area contributed by atoms with Crippen molar-refractivity contribution >= 4 is 12.6 Å². The lowest BCUT2D eigenvalue weighted by Crippen LogP contribution is -1.78. The summed E-state index contributed by atoms with van der Waals surface area (Å²) in [5.74, 6) is 0. The monoisotopic (exact) mass is 186 g/mol. The van der Waals surface area contributed by atoms with E-state index in [0.717, 1.165) is 0 Å². The van der Waals surface area contributed by atoms with Gasteiger partial charge in [0.1, 0.15) is 0 Å². The molecule has 0 nitrogen and oxygen atoms in total. The quantitative estimate of drug-likeness (QED) is 0.416. The summed E-state index contributed by atoms with van der Waals surface area (Å²) in [6.45, 7) is 2.26. The fourth-order valence-electron chi connectivity index (χ4n) is 1.29. The number of unbranched alkanes of at least 4 members (excludes halogenated alkanes) is 7. The van der Waals surface area contributed by atoms with Crippen molar-refractivity contribution in [2.24, 2.45) is 0 Å². The van der Waals surface area contributed by atoms with E-state index in [9.17, 15) is 0 Å². The van der Waals surface area contributed by atoms with Crippen LogP contribution in [-0.4, -0.2) is 0 Å². The Bertz CT molecular complexity index is 97.2. The highest BCUT2D eigenvalue weighted by molar-refractivity contribution is 7.83. The zero-order valence-corrected chi connectivity index (χ0v) is 9.15. The molecule has 12 heavy (non-hydrogen) atoms. The highest BCUT2D eigenvalue weighted by Crippen LogP contribution is 2.08. The van der Waals surface area contributed by atoms with Crippen LogP contribution < -0.4 is 0 Å². The topological polar surface area (TPSA) is 0 Å². The van der Waals surface area contributed by atoms with Crippen LogP contribution >= 0.6 is 12.6 Å². The molecule has 0 saturated heterocycles. The van der Waals surface area contributed by atoms with E-state index in [-0.39, 0.29) is 0 Å². The van der Waals surface area contributed by atoms with E-state index in [4.69, 9.17) is 0 Å². The molecule has 0 aliphatic carbocycles.